The largest absolute Gasteiger partial charge is 0.481 e. The smallest absolute Gasteiger partial charge is 0.315 e. The van der Waals surface area contributed by atoms with Crippen LogP contribution in [-0.2, 0) is 4.79 Å². The Morgan fingerprint density at radius 1 is 0.941 bits per heavy atom. The Balaban J connectivity index is 1.73. The minimum Gasteiger partial charge on any atom is -0.481 e. The van der Waals surface area contributed by atoms with Gasteiger partial charge in [0.15, 0.2) is 0 Å². The summed E-state index contributed by atoms with van der Waals surface area (Å²) in [7, 11) is 0. The highest BCUT2D eigenvalue weighted by Crippen LogP contribution is 2.24. The SMILES string of the molecule is O=C(NC1CCC1)NC1CCCC(C(=O)O)C1. The first-order valence-electron chi connectivity index (χ1n) is 6.45. The van der Waals surface area contributed by atoms with Crippen LogP contribution in [0, 0.1) is 5.92 Å². The first-order chi connectivity index (χ1) is 8.15. The fourth-order valence-electron chi connectivity index (χ4n) is 2.51. The Bertz CT molecular complexity index is 302. The number of aliphatic carboxylic acids is 1. The summed E-state index contributed by atoms with van der Waals surface area (Å²) in [6.45, 7) is 0. The van der Waals surface area contributed by atoms with Gasteiger partial charge in [-0.2, -0.15) is 0 Å². The van der Waals surface area contributed by atoms with Crippen LogP contribution in [0.15, 0.2) is 0 Å². The molecule has 0 aromatic heterocycles. The Morgan fingerprint density at radius 2 is 1.53 bits per heavy atom. The molecular weight excluding hydrogens is 220 g/mol. The zero-order valence-electron chi connectivity index (χ0n) is 9.95. The molecule has 0 aliphatic heterocycles. The van der Waals surface area contributed by atoms with Crippen LogP contribution in [0.2, 0.25) is 0 Å². The van der Waals surface area contributed by atoms with Gasteiger partial charge in [-0.25, -0.2) is 4.79 Å². The van der Waals surface area contributed by atoms with E-state index in [0.29, 0.717) is 12.5 Å². The summed E-state index contributed by atoms with van der Waals surface area (Å²) in [5.74, 6) is -1.03. The standard InChI is InChI=1S/C12H20N2O3/c15-11(16)8-3-1-6-10(7-8)14-12(17)13-9-4-2-5-9/h8-10H,1-7H2,(H,15,16)(H2,13,14,17). The normalized spacial score (nSPS) is 29.2. The van der Waals surface area contributed by atoms with Crippen LogP contribution < -0.4 is 10.6 Å². The van der Waals surface area contributed by atoms with Gasteiger partial charge in [-0.1, -0.05) is 6.42 Å². The van der Waals surface area contributed by atoms with Gasteiger partial charge < -0.3 is 15.7 Å². The fourth-order valence-corrected chi connectivity index (χ4v) is 2.51. The van der Waals surface area contributed by atoms with E-state index in [0.717, 1.165) is 32.1 Å². The van der Waals surface area contributed by atoms with E-state index in [1.807, 2.05) is 0 Å². The van der Waals surface area contributed by atoms with Crippen LogP contribution in [0.3, 0.4) is 0 Å². The van der Waals surface area contributed by atoms with E-state index in [-0.39, 0.29) is 18.0 Å². The third-order valence-corrected chi connectivity index (χ3v) is 3.80. The lowest BCUT2D eigenvalue weighted by Crippen LogP contribution is -2.49. The van der Waals surface area contributed by atoms with Crippen molar-refractivity contribution in [2.45, 2.75) is 57.0 Å². The van der Waals surface area contributed by atoms with Crippen molar-refractivity contribution in [3.8, 4) is 0 Å². The van der Waals surface area contributed by atoms with E-state index in [4.69, 9.17) is 5.11 Å². The van der Waals surface area contributed by atoms with Crippen molar-refractivity contribution in [3.05, 3.63) is 0 Å². The Kier molecular flexibility index (Phi) is 3.86. The number of nitrogens with one attached hydrogen (secondary N) is 2. The molecule has 0 spiro atoms. The maximum atomic E-state index is 11.6. The zero-order valence-corrected chi connectivity index (χ0v) is 9.95. The van der Waals surface area contributed by atoms with Crippen LogP contribution in [0.25, 0.3) is 0 Å². The number of carboxylic acids is 1. The second kappa shape index (κ2) is 5.38. The molecule has 17 heavy (non-hydrogen) atoms. The van der Waals surface area contributed by atoms with Gasteiger partial charge >= 0.3 is 12.0 Å². The third-order valence-electron chi connectivity index (χ3n) is 3.80. The van der Waals surface area contributed by atoms with E-state index in [1.54, 1.807) is 0 Å². The van der Waals surface area contributed by atoms with Gasteiger partial charge in [0, 0.05) is 12.1 Å². The summed E-state index contributed by atoms with van der Waals surface area (Å²) in [4.78, 5) is 22.5. The van der Waals surface area contributed by atoms with Gasteiger partial charge in [0.1, 0.15) is 0 Å². The molecule has 2 saturated carbocycles. The number of hydrogen-bond acceptors (Lipinski definition) is 2. The number of urea groups is 1. The van der Waals surface area contributed by atoms with E-state index >= 15 is 0 Å². The second-order valence-corrected chi connectivity index (χ2v) is 5.14. The Labute approximate surface area is 101 Å². The van der Waals surface area contributed by atoms with E-state index < -0.39 is 5.97 Å². The molecule has 0 aromatic rings. The topological polar surface area (TPSA) is 78.4 Å². The quantitative estimate of drug-likeness (QED) is 0.699. The molecule has 2 aliphatic carbocycles. The lowest BCUT2D eigenvalue weighted by molar-refractivity contribution is -0.143. The van der Waals surface area contributed by atoms with Crippen LogP contribution >= 0.6 is 0 Å². The van der Waals surface area contributed by atoms with Crippen LogP contribution in [-0.4, -0.2) is 29.2 Å². The summed E-state index contributed by atoms with van der Waals surface area (Å²) in [5.41, 5.74) is 0. The molecule has 0 aromatic carbocycles. The van der Waals surface area contributed by atoms with Gasteiger partial charge in [0.2, 0.25) is 0 Å². The monoisotopic (exact) mass is 240 g/mol. The van der Waals surface area contributed by atoms with Gasteiger partial charge in [0.25, 0.3) is 0 Å². The minimum absolute atomic E-state index is 0.0185. The highest BCUT2D eigenvalue weighted by Gasteiger charge is 2.28. The van der Waals surface area contributed by atoms with Crippen LogP contribution in [0.5, 0.6) is 0 Å². The minimum atomic E-state index is -0.740. The van der Waals surface area contributed by atoms with Crippen molar-refractivity contribution >= 4 is 12.0 Å². The first kappa shape index (κ1) is 12.2. The first-order valence-corrected chi connectivity index (χ1v) is 6.45. The maximum absolute atomic E-state index is 11.6. The molecule has 0 saturated heterocycles. The maximum Gasteiger partial charge on any atom is 0.315 e. The highest BCUT2D eigenvalue weighted by atomic mass is 16.4. The highest BCUT2D eigenvalue weighted by molar-refractivity contribution is 5.75. The summed E-state index contributed by atoms with van der Waals surface area (Å²) >= 11 is 0. The van der Waals surface area contributed by atoms with Crippen LogP contribution in [0.1, 0.15) is 44.9 Å². The Morgan fingerprint density at radius 3 is 2.12 bits per heavy atom. The number of carbonyl (C=O) groups excluding carboxylic acids is 1. The molecule has 2 atom stereocenters. The van der Waals surface area contributed by atoms with E-state index in [9.17, 15) is 9.59 Å². The third kappa shape index (κ3) is 3.35. The van der Waals surface area contributed by atoms with Crippen molar-refractivity contribution in [3.63, 3.8) is 0 Å². The van der Waals surface area contributed by atoms with Crippen molar-refractivity contribution in [2.24, 2.45) is 5.92 Å². The van der Waals surface area contributed by atoms with E-state index in [2.05, 4.69) is 10.6 Å². The fraction of sp³-hybridized carbons (Fsp3) is 0.833. The molecule has 0 heterocycles. The molecule has 2 aliphatic rings. The number of carboxylic acid groups (broad SMARTS) is 1. The number of hydrogen-bond donors (Lipinski definition) is 3. The summed E-state index contributed by atoms with van der Waals surface area (Å²) in [5, 5.41) is 14.8. The molecule has 2 rings (SSSR count). The second-order valence-electron chi connectivity index (χ2n) is 5.14. The summed E-state index contributed by atoms with van der Waals surface area (Å²) < 4.78 is 0. The zero-order chi connectivity index (χ0) is 12.3. The summed E-state index contributed by atoms with van der Waals surface area (Å²) in [6, 6.07) is 0.213. The van der Waals surface area contributed by atoms with Crippen molar-refractivity contribution in [1.29, 1.82) is 0 Å². The molecule has 5 nitrogen and oxygen atoms in total. The molecule has 2 amide bonds. The van der Waals surface area contributed by atoms with Gasteiger partial charge in [-0.3, -0.25) is 4.79 Å². The molecule has 0 radical (unpaired) electrons. The molecule has 3 N–H and O–H groups in total. The van der Waals surface area contributed by atoms with Gasteiger partial charge in [-0.15, -0.1) is 0 Å². The average molecular weight is 240 g/mol. The number of amides is 2. The average Bonchev–Trinajstić information content (AvgIpc) is 2.24. The van der Waals surface area contributed by atoms with Gasteiger partial charge in [0.05, 0.1) is 5.92 Å². The van der Waals surface area contributed by atoms with Crippen molar-refractivity contribution in [2.75, 3.05) is 0 Å². The molecular formula is C12H20N2O3. The van der Waals surface area contributed by atoms with Crippen molar-refractivity contribution in [1.82, 2.24) is 10.6 Å². The predicted octanol–water partition coefficient (Wildman–Crippen LogP) is 1.48. The number of rotatable bonds is 3. The lowest BCUT2D eigenvalue weighted by Gasteiger charge is -2.30. The molecule has 96 valence electrons. The van der Waals surface area contributed by atoms with E-state index in [1.165, 1.54) is 6.42 Å². The van der Waals surface area contributed by atoms with Crippen molar-refractivity contribution < 1.29 is 14.7 Å². The molecule has 2 fully saturated rings. The predicted molar refractivity (Wildman–Crippen MR) is 62.7 cm³/mol. The molecule has 2 unspecified atom stereocenters. The van der Waals surface area contributed by atoms with Gasteiger partial charge in [-0.05, 0) is 38.5 Å². The van der Waals surface area contributed by atoms with Crippen LogP contribution in [0.4, 0.5) is 4.79 Å². The Hall–Kier alpha value is -1.26. The molecule has 5 heteroatoms. The summed E-state index contributed by atoms with van der Waals surface area (Å²) in [6.07, 6.45) is 6.39. The number of carbonyl (C=O) groups is 2. The lowest BCUT2D eigenvalue weighted by atomic mass is 9.86. The molecule has 0 bridgehead atoms.